The monoisotopic (exact) mass is 440 g/mol. The van der Waals surface area contributed by atoms with Crippen LogP contribution in [-0.2, 0) is 24.1 Å². The van der Waals surface area contributed by atoms with Crippen molar-refractivity contribution in [3.05, 3.63) is 41.7 Å². The molecule has 0 saturated carbocycles. The molecule has 0 bridgehead atoms. The predicted octanol–water partition coefficient (Wildman–Crippen LogP) is 2.74. The molecule has 0 spiro atoms. The van der Waals surface area contributed by atoms with Gasteiger partial charge < -0.3 is 14.4 Å². The largest absolute Gasteiger partial charge is 0.479 e. The Morgan fingerprint density at radius 2 is 2.00 bits per heavy atom. The Morgan fingerprint density at radius 1 is 1.19 bits per heavy atom. The van der Waals surface area contributed by atoms with E-state index in [1.165, 1.54) is 26.0 Å². The molecule has 5 rings (SSSR count). The Bertz CT molecular complexity index is 1090. The van der Waals surface area contributed by atoms with Gasteiger partial charge in [0.05, 0.1) is 44.1 Å². The van der Waals surface area contributed by atoms with Crippen LogP contribution < -0.4 is 4.74 Å². The fraction of sp³-hybridized carbons (Fsp3) is 0.522. The van der Waals surface area contributed by atoms with Crippen LogP contribution in [0.2, 0.25) is 0 Å². The Morgan fingerprint density at radius 3 is 2.78 bits per heavy atom. The first kappa shape index (κ1) is 21.1. The number of halogens is 1. The quantitative estimate of drug-likeness (QED) is 0.608. The zero-order valence-corrected chi connectivity index (χ0v) is 18.6. The summed E-state index contributed by atoms with van der Waals surface area (Å²) in [5, 5.41) is 9.51. The van der Waals surface area contributed by atoms with E-state index in [1.54, 1.807) is 6.20 Å². The number of hydrogen-bond donors (Lipinski definition) is 0. The number of nitrogens with zero attached hydrogens (tertiary/aromatic N) is 6. The van der Waals surface area contributed by atoms with E-state index in [0.29, 0.717) is 24.7 Å². The lowest BCUT2D eigenvalue weighted by atomic mass is 9.97. The second-order valence-corrected chi connectivity index (χ2v) is 8.68. The van der Waals surface area contributed by atoms with Crippen LogP contribution in [0.15, 0.2) is 24.7 Å². The van der Waals surface area contributed by atoms with Crippen LogP contribution in [0.25, 0.3) is 16.9 Å². The summed E-state index contributed by atoms with van der Waals surface area (Å²) >= 11 is 0. The van der Waals surface area contributed by atoms with Gasteiger partial charge in [-0.25, -0.2) is 14.1 Å². The molecular formula is C23H29FN6O2. The number of methoxy groups -OCH3 is 1. The molecule has 0 radical (unpaired) electrons. The lowest BCUT2D eigenvalue weighted by Crippen LogP contribution is -2.31. The molecule has 9 heteroatoms. The summed E-state index contributed by atoms with van der Waals surface area (Å²) in [5.74, 6) is 0.132. The van der Waals surface area contributed by atoms with Crippen molar-refractivity contribution in [3.8, 4) is 22.8 Å². The molecule has 0 N–H and O–H groups in total. The SMILES string of the molecule is COc1ncc(-c2nn(-c3cnn(CC4CCN(C)CC4)c3)c3c2CCOCC3)cc1F. The molecule has 2 aliphatic heterocycles. The summed E-state index contributed by atoms with van der Waals surface area (Å²) in [6, 6.07) is 1.44. The van der Waals surface area contributed by atoms with Gasteiger partial charge in [0.1, 0.15) is 5.69 Å². The third-order valence-corrected chi connectivity index (χ3v) is 6.49. The first-order valence-corrected chi connectivity index (χ1v) is 11.2. The van der Waals surface area contributed by atoms with E-state index >= 15 is 0 Å². The molecule has 0 atom stereocenters. The maximum Gasteiger partial charge on any atom is 0.250 e. The van der Waals surface area contributed by atoms with Crippen molar-refractivity contribution >= 4 is 0 Å². The molecule has 5 heterocycles. The summed E-state index contributed by atoms with van der Waals surface area (Å²) in [6.45, 7) is 4.45. The maximum absolute atomic E-state index is 14.4. The average Bonchev–Trinajstić information content (AvgIpc) is 3.32. The number of aromatic nitrogens is 5. The fourth-order valence-electron chi connectivity index (χ4n) is 4.67. The van der Waals surface area contributed by atoms with E-state index in [-0.39, 0.29) is 5.88 Å². The number of ether oxygens (including phenoxy) is 2. The van der Waals surface area contributed by atoms with Gasteiger partial charge in [0, 0.05) is 30.3 Å². The molecule has 8 nitrogen and oxygen atoms in total. The molecule has 3 aromatic rings. The van der Waals surface area contributed by atoms with Gasteiger partial charge in [0.25, 0.3) is 0 Å². The van der Waals surface area contributed by atoms with Crippen LogP contribution in [0.1, 0.15) is 24.1 Å². The second kappa shape index (κ2) is 8.99. The Kier molecular flexibility index (Phi) is 5.93. The normalized spacial score (nSPS) is 17.8. The van der Waals surface area contributed by atoms with Gasteiger partial charge in [-0.3, -0.25) is 4.68 Å². The Labute approximate surface area is 186 Å². The summed E-state index contributed by atoms with van der Waals surface area (Å²) in [6.07, 6.45) is 9.40. The van der Waals surface area contributed by atoms with Crippen molar-refractivity contribution in [1.29, 1.82) is 0 Å². The molecule has 1 saturated heterocycles. The van der Waals surface area contributed by atoms with Crippen molar-refractivity contribution in [1.82, 2.24) is 29.4 Å². The molecule has 1 fully saturated rings. The van der Waals surface area contributed by atoms with E-state index in [9.17, 15) is 4.39 Å². The summed E-state index contributed by atoms with van der Waals surface area (Å²) in [4.78, 5) is 6.48. The minimum absolute atomic E-state index is 0.0159. The smallest absolute Gasteiger partial charge is 0.250 e. The number of piperidine rings is 1. The van der Waals surface area contributed by atoms with E-state index < -0.39 is 5.82 Å². The molecule has 170 valence electrons. The first-order chi connectivity index (χ1) is 15.6. The minimum atomic E-state index is -0.496. The zero-order valence-electron chi connectivity index (χ0n) is 18.6. The van der Waals surface area contributed by atoms with E-state index in [1.807, 2.05) is 15.6 Å². The standard InChI is InChI=1S/C23H29FN6O2/c1-28-7-3-16(4-8-28)14-29-15-18(13-26-29)30-21-6-10-32-9-5-19(21)22(27-30)17-11-20(24)23(31-2)25-12-17/h11-13,15-16H,3-10,14H2,1-2H3. The van der Waals surface area contributed by atoms with Gasteiger partial charge in [-0.1, -0.05) is 0 Å². The molecule has 0 amide bonds. The number of hydrogen-bond acceptors (Lipinski definition) is 6. The summed E-state index contributed by atoms with van der Waals surface area (Å²) < 4.78 is 29.0. The van der Waals surface area contributed by atoms with Crippen LogP contribution in [0.4, 0.5) is 4.39 Å². The van der Waals surface area contributed by atoms with Crippen LogP contribution >= 0.6 is 0 Å². The lowest BCUT2D eigenvalue weighted by Gasteiger charge is -2.28. The minimum Gasteiger partial charge on any atom is -0.479 e. The van der Waals surface area contributed by atoms with Crippen molar-refractivity contribution in [2.75, 3.05) is 40.5 Å². The first-order valence-electron chi connectivity index (χ1n) is 11.2. The van der Waals surface area contributed by atoms with Gasteiger partial charge in [0.15, 0.2) is 5.82 Å². The third-order valence-electron chi connectivity index (χ3n) is 6.49. The molecule has 2 aliphatic rings. The molecular weight excluding hydrogens is 411 g/mol. The maximum atomic E-state index is 14.4. The fourth-order valence-corrected chi connectivity index (χ4v) is 4.67. The van der Waals surface area contributed by atoms with Crippen LogP contribution in [0, 0.1) is 11.7 Å². The molecule has 0 unspecified atom stereocenters. The van der Waals surface area contributed by atoms with Gasteiger partial charge >= 0.3 is 0 Å². The number of fused-ring (bicyclic) bond motifs is 1. The Hall–Kier alpha value is -2.78. The van der Waals surface area contributed by atoms with Gasteiger partial charge in [-0.05, 0) is 51.4 Å². The highest BCUT2D eigenvalue weighted by Crippen LogP contribution is 2.31. The van der Waals surface area contributed by atoms with Crippen LogP contribution in [-0.4, -0.2) is 69.9 Å². The van der Waals surface area contributed by atoms with Crippen molar-refractivity contribution in [2.45, 2.75) is 32.2 Å². The molecule has 0 aliphatic carbocycles. The highest BCUT2D eigenvalue weighted by molar-refractivity contribution is 5.65. The lowest BCUT2D eigenvalue weighted by molar-refractivity contribution is 0.145. The van der Waals surface area contributed by atoms with Crippen molar-refractivity contribution in [3.63, 3.8) is 0 Å². The second-order valence-electron chi connectivity index (χ2n) is 8.68. The van der Waals surface area contributed by atoms with Crippen molar-refractivity contribution < 1.29 is 13.9 Å². The molecule has 32 heavy (non-hydrogen) atoms. The van der Waals surface area contributed by atoms with Crippen molar-refractivity contribution in [2.24, 2.45) is 5.92 Å². The van der Waals surface area contributed by atoms with Gasteiger partial charge in [-0.2, -0.15) is 10.2 Å². The van der Waals surface area contributed by atoms with E-state index in [4.69, 9.17) is 14.6 Å². The number of rotatable bonds is 5. The van der Waals surface area contributed by atoms with Crippen LogP contribution in [0.5, 0.6) is 5.88 Å². The summed E-state index contributed by atoms with van der Waals surface area (Å²) in [7, 11) is 3.59. The van der Waals surface area contributed by atoms with E-state index in [2.05, 4.69) is 28.2 Å². The average molecular weight is 441 g/mol. The molecule has 3 aromatic heterocycles. The zero-order chi connectivity index (χ0) is 22.1. The van der Waals surface area contributed by atoms with Crippen LogP contribution in [0.3, 0.4) is 0 Å². The van der Waals surface area contributed by atoms with Gasteiger partial charge in [-0.15, -0.1) is 0 Å². The topological polar surface area (TPSA) is 70.2 Å². The third kappa shape index (κ3) is 4.14. The number of likely N-dealkylation sites (tertiary alicyclic amines) is 1. The highest BCUT2D eigenvalue weighted by atomic mass is 19.1. The van der Waals surface area contributed by atoms with E-state index in [0.717, 1.165) is 55.1 Å². The number of pyridine rings is 1. The summed E-state index contributed by atoms with van der Waals surface area (Å²) in [5.41, 5.74) is 4.47. The van der Waals surface area contributed by atoms with Gasteiger partial charge in [0.2, 0.25) is 5.88 Å². The highest BCUT2D eigenvalue weighted by Gasteiger charge is 2.24. The predicted molar refractivity (Wildman–Crippen MR) is 118 cm³/mol. The molecule has 0 aromatic carbocycles. The Balaban J connectivity index is 1.47.